The Morgan fingerprint density at radius 3 is 2.44 bits per heavy atom. The van der Waals surface area contributed by atoms with Crippen LogP contribution in [0.2, 0.25) is 0 Å². The third-order valence-electron chi connectivity index (χ3n) is 3.90. The summed E-state index contributed by atoms with van der Waals surface area (Å²) in [5, 5.41) is 12.9. The first kappa shape index (κ1) is 18.4. The van der Waals surface area contributed by atoms with Gasteiger partial charge in [-0.25, -0.2) is 13.2 Å². The summed E-state index contributed by atoms with van der Waals surface area (Å²) in [5.74, 6) is -4.82. The molecule has 3 aromatic rings. The quantitative estimate of drug-likeness (QED) is 0.663. The normalized spacial score (nSPS) is 10.5. The number of aryl methyl sites for hydroxylation is 1. The van der Waals surface area contributed by atoms with Crippen molar-refractivity contribution in [3.63, 3.8) is 0 Å². The van der Waals surface area contributed by atoms with Gasteiger partial charge in [0, 0.05) is 6.54 Å². The summed E-state index contributed by atoms with van der Waals surface area (Å²) in [6.45, 7) is 2.53. The van der Waals surface area contributed by atoms with E-state index in [2.05, 4.69) is 20.8 Å². The van der Waals surface area contributed by atoms with Crippen molar-refractivity contribution in [3.05, 3.63) is 82.8 Å². The van der Waals surface area contributed by atoms with Crippen LogP contribution >= 0.6 is 0 Å². The second kappa shape index (κ2) is 7.86. The van der Waals surface area contributed by atoms with E-state index in [4.69, 9.17) is 0 Å². The van der Waals surface area contributed by atoms with Crippen LogP contribution in [0.5, 0.6) is 0 Å². The van der Waals surface area contributed by atoms with Gasteiger partial charge in [0.2, 0.25) is 0 Å². The summed E-state index contributed by atoms with van der Waals surface area (Å²) in [5.41, 5.74) is 1.64. The number of hydrogen-bond donors (Lipinski definition) is 2. The summed E-state index contributed by atoms with van der Waals surface area (Å²) in [7, 11) is 0. The van der Waals surface area contributed by atoms with Crippen molar-refractivity contribution in [2.45, 2.75) is 13.5 Å². The first-order valence-electron chi connectivity index (χ1n) is 8.02. The van der Waals surface area contributed by atoms with Crippen molar-refractivity contribution < 1.29 is 18.0 Å². The second-order valence-electron chi connectivity index (χ2n) is 5.76. The van der Waals surface area contributed by atoms with Crippen molar-refractivity contribution in [1.82, 2.24) is 10.2 Å². The number of anilines is 2. The lowest BCUT2D eigenvalue weighted by Gasteiger charge is -2.09. The molecule has 2 N–H and O–H groups in total. The van der Waals surface area contributed by atoms with E-state index in [1.807, 2.05) is 31.2 Å². The van der Waals surface area contributed by atoms with Gasteiger partial charge >= 0.3 is 0 Å². The topological polar surface area (TPSA) is 66.9 Å². The SMILES string of the molecule is Cc1ccccc1CNc1ccc(C(=O)Nc2ccc(F)c(F)c2F)nn1. The summed E-state index contributed by atoms with van der Waals surface area (Å²) in [6.07, 6.45) is 0. The van der Waals surface area contributed by atoms with Crippen LogP contribution in [0.1, 0.15) is 21.6 Å². The predicted molar refractivity (Wildman–Crippen MR) is 94.8 cm³/mol. The number of carbonyl (C=O) groups excluding carboxylic acids is 1. The van der Waals surface area contributed by atoms with Gasteiger partial charge in [-0.15, -0.1) is 10.2 Å². The molecule has 0 spiro atoms. The Labute approximate surface area is 153 Å². The van der Waals surface area contributed by atoms with Gasteiger partial charge in [-0.05, 0) is 42.3 Å². The number of halogens is 3. The predicted octanol–water partition coefficient (Wildman–Crippen LogP) is 4.07. The van der Waals surface area contributed by atoms with E-state index in [1.54, 1.807) is 6.07 Å². The van der Waals surface area contributed by atoms with Crippen LogP contribution < -0.4 is 10.6 Å². The Bertz CT molecular complexity index is 977. The van der Waals surface area contributed by atoms with Crippen molar-refractivity contribution in [2.24, 2.45) is 0 Å². The molecule has 1 heterocycles. The molecule has 5 nitrogen and oxygen atoms in total. The number of carbonyl (C=O) groups is 1. The lowest BCUT2D eigenvalue weighted by Crippen LogP contribution is -2.16. The van der Waals surface area contributed by atoms with Gasteiger partial charge in [-0.3, -0.25) is 4.79 Å². The molecule has 0 aliphatic rings. The van der Waals surface area contributed by atoms with Gasteiger partial charge in [-0.2, -0.15) is 0 Å². The van der Waals surface area contributed by atoms with Gasteiger partial charge in [0.25, 0.3) is 5.91 Å². The summed E-state index contributed by atoms with van der Waals surface area (Å²) >= 11 is 0. The molecule has 1 amide bonds. The number of rotatable bonds is 5. The number of nitrogens with one attached hydrogen (secondary N) is 2. The maximum absolute atomic E-state index is 13.6. The molecular formula is C19H15F3N4O. The zero-order valence-electron chi connectivity index (χ0n) is 14.3. The fourth-order valence-corrected chi connectivity index (χ4v) is 2.35. The zero-order valence-corrected chi connectivity index (χ0v) is 14.3. The standard InChI is InChI=1S/C19H15F3N4O/c1-11-4-2-3-5-12(11)10-23-16-9-8-15(25-26-16)19(27)24-14-7-6-13(20)17(21)18(14)22/h2-9H,10H2,1H3,(H,23,26)(H,24,27). The van der Waals surface area contributed by atoms with Crippen LogP contribution in [-0.2, 0) is 6.54 Å². The largest absolute Gasteiger partial charge is 0.364 e. The monoisotopic (exact) mass is 372 g/mol. The molecule has 0 saturated carbocycles. The van der Waals surface area contributed by atoms with Gasteiger partial charge in [0.1, 0.15) is 5.82 Å². The number of benzene rings is 2. The van der Waals surface area contributed by atoms with Gasteiger partial charge in [0.15, 0.2) is 23.1 Å². The third kappa shape index (κ3) is 4.22. The van der Waals surface area contributed by atoms with Gasteiger partial charge in [-0.1, -0.05) is 24.3 Å². The third-order valence-corrected chi connectivity index (χ3v) is 3.90. The molecule has 0 aliphatic heterocycles. The Kier molecular flexibility index (Phi) is 5.35. The van der Waals surface area contributed by atoms with E-state index in [0.29, 0.717) is 12.4 Å². The molecule has 3 rings (SSSR count). The highest BCUT2D eigenvalue weighted by Gasteiger charge is 2.16. The molecule has 0 bridgehead atoms. The Morgan fingerprint density at radius 1 is 0.963 bits per heavy atom. The van der Waals surface area contributed by atoms with Crippen LogP contribution in [0.15, 0.2) is 48.5 Å². The number of nitrogens with zero attached hydrogens (tertiary/aromatic N) is 2. The zero-order chi connectivity index (χ0) is 19.4. The summed E-state index contributed by atoms with van der Waals surface area (Å²) in [6, 6.07) is 12.4. The van der Waals surface area contributed by atoms with Crippen LogP contribution in [0, 0.1) is 24.4 Å². The average molecular weight is 372 g/mol. The first-order valence-corrected chi connectivity index (χ1v) is 8.02. The van der Waals surface area contributed by atoms with Gasteiger partial charge < -0.3 is 10.6 Å². The van der Waals surface area contributed by atoms with Crippen molar-refractivity contribution >= 4 is 17.4 Å². The van der Waals surface area contributed by atoms with E-state index in [9.17, 15) is 18.0 Å². The minimum absolute atomic E-state index is 0.0967. The lowest BCUT2D eigenvalue weighted by molar-refractivity contribution is 0.102. The molecular weight excluding hydrogens is 357 g/mol. The van der Waals surface area contributed by atoms with Crippen molar-refractivity contribution in [3.8, 4) is 0 Å². The summed E-state index contributed by atoms with van der Waals surface area (Å²) in [4.78, 5) is 12.1. The number of hydrogen-bond acceptors (Lipinski definition) is 4. The van der Waals surface area contributed by atoms with Crippen molar-refractivity contribution in [2.75, 3.05) is 10.6 Å². The molecule has 0 aliphatic carbocycles. The lowest BCUT2D eigenvalue weighted by atomic mass is 10.1. The van der Waals surface area contributed by atoms with E-state index in [0.717, 1.165) is 23.3 Å². The molecule has 0 atom stereocenters. The summed E-state index contributed by atoms with van der Waals surface area (Å²) < 4.78 is 39.8. The average Bonchev–Trinajstić information content (AvgIpc) is 2.68. The smallest absolute Gasteiger partial charge is 0.276 e. The molecule has 0 fully saturated rings. The maximum Gasteiger partial charge on any atom is 0.276 e. The minimum atomic E-state index is -1.66. The molecule has 0 unspecified atom stereocenters. The molecule has 27 heavy (non-hydrogen) atoms. The Hall–Kier alpha value is -3.42. The Morgan fingerprint density at radius 2 is 1.74 bits per heavy atom. The van der Waals surface area contributed by atoms with Crippen LogP contribution in [0.25, 0.3) is 0 Å². The van der Waals surface area contributed by atoms with Crippen LogP contribution in [0.3, 0.4) is 0 Å². The first-order chi connectivity index (χ1) is 13.0. The molecule has 2 aromatic carbocycles. The molecule has 1 aromatic heterocycles. The fraction of sp³-hybridized carbons (Fsp3) is 0.105. The van der Waals surface area contributed by atoms with Crippen LogP contribution in [-0.4, -0.2) is 16.1 Å². The Balaban J connectivity index is 1.65. The maximum atomic E-state index is 13.6. The van der Waals surface area contributed by atoms with Crippen molar-refractivity contribution in [1.29, 1.82) is 0 Å². The van der Waals surface area contributed by atoms with E-state index < -0.39 is 29.0 Å². The number of aromatic nitrogens is 2. The molecule has 0 radical (unpaired) electrons. The highest BCUT2D eigenvalue weighted by Crippen LogP contribution is 2.20. The number of amides is 1. The second-order valence-corrected chi connectivity index (χ2v) is 5.76. The van der Waals surface area contributed by atoms with E-state index >= 15 is 0 Å². The highest BCUT2D eigenvalue weighted by molar-refractivity contribution is 6.02. The molecule has 0 saturated heterocycles. The fourth-order valence-electron chi connectivity index (χ4n) is 2.35. The van der Waals surface area contributed by atoms with E-state index in [-0.39, 0.29) is 5.69 Å². The van der Waals surface area contributed by atoms with Gasteiger partial charge in [0.05, 0.1) is 5.69 Å². The minimum Gasteiger partial charge on any atom is -0.364 e. The molecule has 8 heteroatoms. The van der Waals surface area contributed by atoms with Crippen LogP contribution in [0.4, 0.5) is 24.7 Å². The molecule has 138 valence electrons. The highest BCUT2D eigenvalue weighted by atomic mass is 19.2. The van der Waals surface area contributed by atoms with E-state index in [1.165, 1.54) is 6.07 Å².